The van der Waals surface area contributed by atoms with Crippen LogP contribution in [0.2, 0.25) is 0 Å². The molecular weight excluding hydrogens is 260 g/mol. The zero-order valence-electron chi connectivity index (χ0n) is 10.7. The second-order valence-corrected chi connectivity index (χ2v) is 5.41. The van der Waals surface area contributed by atoms with Crippen LogP contribution in [0.5, 0.6) is 0 Å². The number of thiocarbonyl (C=S) groups is 1. The second kappa shape index (κ2) is 4.86. The van der Waals surface area contributed by atoms with Crippen molar-refractivity contribution in [2.24, 2.45) is 0 Å². The van der Waals surface area contributed by atoms with E-state index in [4.69, 9.17) is 17.5 Å². The summed E-state index contributed by atoms with van der Waals surface area (Å²) in [5, 5.41) is 15.0. The van der Waals surface area contributed by atoms with Crippen molar-refractivity contribution in [3.8, 4) is 6.07 Å². The lowest BCUT2D eigenvalue weighted by Gasteiger charge is -2.17. The molecule has 0 aliphatic carbocycles. The number of carbonyl (C=O) groups is 1. The van der Waals surface area contributed by atoms with E-state index in [0.29, 0.717) is 22.9 Å². The Bertz CT molecular complexity index is 576. The third kappa shape index (κ3) is 3.01. The van der Waals surface area contributed by atoms with Gasteiger partial charge in [0.05, 0.1) is 23.7 Å². The third-order valence-electron chi connectivity index (χ3n) is 2.73. The summed E-state index contributed by atoms with van der Waals surface area (Å²) in [5.74, 6) is 0. The molecule has 0 aromatic heterocycles. The molecule has 5 nitrogen and oxygen atoms in total. The average molecular weight is 274 g/mol. The zero-order chi connectivity index (χ0) is 14.0. The maximum Gasteiger partial charge on any atom is 0.328 e. The predicted molar refractivity (Wildman–Crippen MR) is 76.7 cm³/mol. The monoisotopic (exact) mass is 274 g/mol. The minimum Gasteiger partial charge on any atom is -0.355 e. The molecule has 0 saturated carbocycles. The Balaban J connectivity index is 2.10. The van der Waals surface area contributed by atoms with E-state index in [1.807, 2.05) is 19.9 Å². The van der Waals surface area contributed by atoms with Gasteiger partial charge in [0.1, 0.15) is 0 Å². The first-order valence-electron chi connectivity index (χ1n) is 5.82. The number of amides is 2. The first-order valence-corrected chi connectivity index (χ1v) is 6.23. The number of rotatable bonds is 1. The van der Waals surface area contributed by atoms with E-state index in [0.717, 1.165) is 0 Å². The molecule has 98 valence electrons. The SMILES string of the molecule is CC1(C)CN(C(=O)Nc2cccc(C#N)c2)C(=S)N1. The fraction of sp³-hybridized carbons (Fsp3) is 0.308. The number of benzene rings is 1. The van der Waals surface area contributed by atoms with Gasteiger partial charge in [-0.3, -0.25) is 4.90 Å². The first kappa shape index (κ1) is 13.3. The van der Waals surface area contributed by atoms with E-state index in [1.54, 1.807) is 24.3 Å². The van der Waals surface area contributed by atoms with Gasteiger partial charge in [0.15, 0.2) is 5.11 Å². The van der Waals surface area contributed by atoms with Gasteiger partial charge in [0, 0.05) is 5.69 Å². The van der Waals surface area contributed by atoms with Crippen LogP contribution in [0.4, 0.5) is 10.5 Å². The number of hydrogen-bond acceptors (Lipinski definition) is 3. The summed E-state index contributed by atoms with van der Waals surface area (Å²) in [7, 11) is 0. The van der Waals surface area contributed by atoms with Crippen molar-refractivity contribution in [1.29, 1.82) is 5.26 Å². The van der Waals surface area contributed by atoms with Crippen LogP contribution in [-0.4, -0.2) is 28.1 Å². The number of urea groups is 1. The number of carbonyl (C=O) groups excluding carboxylic acids is 1. The molecule has 2 N–H and O–H groups in total. The molecule has 1 aliphatic rings. The maximum absolute atomic E-state index is 12.1. The zero-order valence-corrected chi connectivity index (χ0v) is 11.5. The Morgan fingerprint density at radius 1 is 1.58 bits per heavy atom. The molecule has 1 aromatic carbocycles. The van der Waals surface area contributed by atoms with Gasteiger partial charge in [0.2, 0.25) is 0 Å². The van der Waals surface area contributed by atoms with Crippen LogP contribution in [0.1, 0.15) is 19.4 Å². The van der Waals surface area contributed by atoms with Gasteiger partial charge < -0.3 is 10.6 Å². The number of hydrogen-bond donors (Lipinski definition) is 2. The Morgan fingerprint density at radius 3 is 2.89 bits per heavy atom. The summed E-state index contributed by atoms with van der Waals surface area (Å²) in [6.07, 6.45) is 0. The topological polar surface area (TPSA) is 68.2 Å². The summed E-state index contributed by atoms with van der Waals surface area (Å²) in [5.41, 5.74) is 0.861. The van der Waals surface area contributed by atoms with Gasteiger partial charge in [0.25, 0.3) is 0 Å². The molecule has 2 rings (SSSR count). The molecule has 6 heteroatoms. The Kier molecular flexibility index (Phi) is 3.40. The van der Waals surface area contributed by atoms with Crippen LogP contribution < -0.4 is 10.6 Å². The lowest BCUT2D eigenvalue weighted by atomic mass is 10.1. The summed E-state index contributed by atoms with van der Waals surface area (Å²) in [6.45, 7) is 4.46. The van der Waals surface area contributed by atoms with Crippen molar-refractivity contribution in [2.75, 3.05) is 11.9 Å². The second-order valence-electron chi connectivity index (χ2n) is 5.02. The minimum atomic E-state index is -0.293. The van der Waals surface area contributed by atoms with E-state index in [1.165, 1.54) is 4.90 Å². The van der Waals surface area contributed by atoms with Gasteiger partial charge in [-0.2, -0.15) is 5.26 Å². The van der Waals surface area contributed by atoms with Crippen molar-refractivity contribution >= 4 is 29.0 Å². The normalized spacial score (nSPS) is 16.7. The Hall–Kier alpha value is -2.13. The quantitative estimate of drug-likeness (QED) is 0.769. The van der Waals surface area contributed by atoms with Crippen LogP contribution in [-0.2, 0) is 0 Å². The highest BCUT2D eigenvalue weighted by Crippen LogP contribution is 2.17. The Labute approximate surface area is 117 Å². The highest BCUT2D eigenvalue weighted by molar-refractivity contribution is 7.80. The van der Waals surface area contributed by atoms with E-state index >= 15 is 0 Å². The summed E-state index contributed by atoms with van der Waals surface area (Å²) < 4.78 is 0. The molecule has 0 bridgehead atoms. The summed E-state index contributed by atoms with van der Waals surface area (Å²) in [6, 6.07) is 8.49. The van der Waals surface area contributed by atoms with Crippen LogP contribution in [0.15, 0.2) is 24.3 Å². The van der Waals surface area contributed by atoms with Gasteiger partial charge in [-0.25, -0.2) is 4.79 Å². The molecular formula is C13H14N4OS. The highest BCUT2D eigenvalue weighted by atomic mass is 32.1. The van der Waals surface area contributed by atoms with Crippen LogP contribution in [0.25, 0.3) is 0 Å². The van der Waals surface area contributed by atoms with E-state index in [2.05, 4.69) is 10.6 Å². The molecule has 0 radical (unpaired) electrons. The predicted octanol–water partition coefficient (Wildman–Crippen LogP) is 2.06. The van der Waals surface area contributed by atoms with E-state index in [9.17, 15) is 4.79 Å². The molecule has 1 aliphatic heterocycles. The molecule has 0 spiro atoms. The van der Waals surface area contributed by atoms with Crippen molar-refractivity contribution in [3.05, 3.63) is 29.8 Å². The largest absolute Gasteiger partial charge is 0.355 e. The molecule has 0 unspecified atom stereocenters. The lowest BCUT2D eigenvalue weighted by molar-refractivity contribution is 0.233. The number of nitriles is 1. The van der Waals surface area contributed by atoms with Crippen LogP contribution in [0, 0.1) is 11.3 Å². The summed E-state index contributed by atoms with van der Waals surface area (Å²) >= 11 is 5.13. The van der Waals surface area contributed by atoms with Crippen molar-refractivity contribution in [2.45, 2.75) is 19.4 Å². The smallest absolute Gasteiger partial charge is 0.328 e. The molecule has 19 heavy (non-hydrogen) atoms. The summed E-state index contributed by atoms with van der Waals surface area (Å²) in [4.78, 5) is 13.6. The van der Waals surface area contributed by atoms with Crippen LogP contribution in [0.3, 0.4) is 0 Å². The van der Waals surface area contributed by atoms with Gasteiger partial charge in [-0.05, 0) is 44.3 Å². The Morgan fingerprint density at radius 2 is 2.32 bits per heavy atom. The molecule has 2 amide bonds. The first-order chi connectivity index (χ1) is 8.91. The van der Waals surface area contributed by atoms with Gasteiger partial charge >= 0.3 is 6.03 Å². The number of nitrogens with one attached hydrogen (secondary N) is 2. The van der Waals surface area contributed by atoms with E-state index in [-0.39, 0.29) is 11.6 Å². The fourth-order valence-corrected chi connectivity index (χ4v) is 2.31. The van der Waals surface area contributed by atoms with Crippen molar-refractivity contribution in [1.82, 2.24) is 10.2 Å². The molecule has 1 saturated heterocycles. The third-order valence-corrected chi connectivity index (χ3v) is 3.05. The van der Waals surface area contributed by atoms with Crippen molar-refractivity contribution < 1.29 is 4.79 Å². The molecule has 1 heterocycles. The molecule has 1 aromatic rings. The highest BCUT2D eigenvalue weighted by Gasteiger charge is 2.35. The minimum absolute atomic E-state index is 0.219. The van der Waals surface area contributed by atoms with Crippen molar-refractivity contribution in [3.63, 3.8) is 0 Å². The molecule has 1 fully saturated rings. The number of nitrogens with zero attached hydrogens (tertiary/aromatic N) is 2. The molecule has 0 atom stereocenters. The van der Waals surface area contributed by atoms with Gasteiger partial charge in [-0.15, -0.1) is 0 Å². The lowest BCUT2D eigenvalue weighted by Crippen LogP contribution is -2.37. The fourth-order valence-electron chi connectivity index (χ4n) is 1.89. The van der Waals surface area contributed by atoms with Crippen LogP contribution >= 0.6 is 12.2 Å². The van der Waals surface area contributed by atoms with E-state index < -0.39 is 0 Å². The van der Waals surface area contributed by atoms with Gasteiger partial charge in [-0.1, -0.05) is 6.07 Å². The maximum atomic E-state index is 12.1. The standard InChI is InChI=1S/C13H14N4OS/c1-13(2)8-17(12(19)16-13)11(18)15-10-5-3-4-9(6-10)7-14/h3-6H,8H2,1-2H3,(H,15,18)(H,16,19). The average Bonchev–Trinajstić information content (AvgIpc) is 2.63. The number of anilines is 1.